The molecule has 5 nitrogen and oxygen atoms in total. The molecule has 0 bridgehead atoms. The highest BCUT2D eigenvalue weighted by Gasteiger charge is 2.25. The number of halogens is 1. The third kappa shape index (κ3) is 6.94. The second-order valence-corrected chi connectivity index (χ2v) is 6.93. The van der Waals surface area contributed by atoms with Crippen molar-refractivity contribution in [3.63, 3.8) is 0 Å². The van der Waals surface area contributed by atoms with Crippen LogP contribution in [0.25, 0.3) is 0 Å². The zero-order valence-corrected chi connectivity index (χ0v) is 16.4. The second kappa shape index (κ2) is 10.6. The molecule has 0 spiro atoms. The quantitative estimate of drug-likeness (QED) is 0.634. The van der Waals surface area contributed by atoms with Gasteiger partial charge in [-0.15, -0.1) is 0 Å². The van der Waals surface area contributed by atoms with Crippen LogP contribution < -0.4 is 16.0 Å². The van der Waals surface area contributed by atoms with Crippen LogP contribution in [0.1, 0.15) is 25.8 Å². The van der Waals surface area contributed by atoms with Gasteiger partial charge in [-0.25, -0.2) is 4.79 Å². The van der Waals surface area contributed by atoms with E-state index in [2.05, 4.69) is 16.0 Å². The first-order chi connectivity index (χ1) is 13.0. The van der Waals surface area contributed by atoms with Crippen molar-refractivity contribution >= 4 is 29.2 Å². The van der Waals surface area contributed by atoms with Crippen molar-refractivity contribution in [2.24, 2.45) is 5.92 Å². The normalized spacial score (nSPS) is 12.7. The molecule has 0 fully saturated rings. The lowest BCUT2D eigenvalue weighted by atomic mass is 9.98. The Morgan fingerprint density at radius 1 is 1.04 bits per heavy atom. The Morgan fingerprint density at radius 2 is 1.70 bits per heavy atom. The minimum Gasteiger partial charge on any atom is -0.354 e. The third-order valence-electron chi connectivity index (χ3n) is 4.44. The van der Waals surface area contributed by atoms with Crippen LogP contribution >= 0.6 is 11.6 Å². The molecule has 3 N–H and O–H groups in total. The van der Waals surface area contributed by atoms with Gasteiger partial charge in [0.15, 0.2) is 0 Å². The lowest BCUT2D eigenvalue weighted by Crippen LogP contribution is -2.51. The molecule has 2 aromatic carbocycles. The number of carbonyl (C=O) groups is 2. The van der Waals surface area contributed by atoms with E-state index in [4.69, 9.17) is 11.6 Å². The van der Waals surface area contributed by atoms with Gasteiger partial charge in [0, 0.05) is 17.3 Å². The minimum atomic E-state index is -0.599. The third-order valence-corrected chi connectivity index (χ3v) is 4.69. The molecular formula is C21H26ClN3O2. The Morgan fingerprint density at radius 3 is 2.33 bits per heavy atom. The van der Waals surface area contributed by atoms with Gasteiger partial charge < -0.3 is 16.0 Å². The number of carbonyl (C=O) groups excluding carboxylic acids is 2. The van der Waals surface area contributed by atoms with Crippen molar-refractivity contribution in [1.29, 1.82) is 0 Å². The molecule has 3 amide bonds. The number of hydrogen-bond donors (Lipinski definition) is 3. The van der Waals surface area contributed by atoms with Gasteiger partial charge in [0.2, 0.25) is 5.91 Å². The van der Waals surface area contributed by atoms with Crippen molar-refractivity contribution in [3.8, 4) is 0 Å². The highest BCUT2D eigenvalue weighted by atomic mass is 35.5. The topological polar surface area (TPSA) is 70.2 Å². The molecule has 6 heteroatoms. The monoisotopic (exact) mass is 387 g/mol. The lowest BCUT2D eigenvalue weighted by Gasteiger charge is -2.23. The molecule has 0 aliphatic heterocycles. The zero-order valence-electron chi connectivity index (χ0n) is 15.7. The van der Waals surface area contributed by atoms with E-state index >= 15 is 0 Å². The fourth-order valence-corrected chi connectivity index (χ4v) is 2.75. The Kier molecular flexibility index (Phi) is 8.14. The Hall–Kier alpha value is -2.53. The Bertz CT molecular complexity index is 735. The van der Waals surface area contributed by atoms with Gasteiger partial charge in [0.25, 0.3) is 0 Å². The van der Waals surface area contributed by atoms with Crippen molar-refractivity contribution in [3.05, 3.63) is 65.2 Å². The molecule has 0 saturated carbocycles. The average molecular weight is 388 g/mol. The predicted octanol–water partition coefficient (Wildman–Crippen LogP) is 4.24. The van der Waals surface area contributed by atoms with Crippen molar-refractivity contribution in [2.75, 3.05) is 11.9 Å². The minimum absolute atomic E-state index is 0.0118. The number of rotatable bonds is 8. The number of anilines is 1. The van der Waals surface area contributed by atoms with Gasteiger partial charge in [-0.1, -0.05) is 62.2 Å². The molecule has 0 aliphatic carbocycles. The van der Waals surface area contributed by atoms with Crippen LogP contribution in [0.15, 0.2) is 54.6 Å². The summed E-state index contributed by atoms with van der Waals surface area (Å²) in [5.74, 6) is -0.163. The second-order valence-electron chi connectivity index (χ2n) is 6.50. The number of hydrogen-bond acceptors (Lipinski definition) is 2. The summed E-state index contributed by atoms with van der Waals surface area (Å²) < 4.78 is 0. The fourth-order valence-electron chi connectivity index (χ4n) is 2.63. The maximum Gasteiger partial charge on any atom is 0.319 e. The van der Waals surface area contributed by atoms with E-state index in [1.165, 1.54) is 0 Å². The molecular weight excluding hydrogens is 362 g/mol. The number of urea groups is 1. The van der Waals surface area contributed by atoms with E-state index in [1.807, 2.05) is 44.2 Å². The fraction of sp³-hybridized carbons (Fsp3) is 0.333. The van der Waals surface area contributed by atoms with Gasteiger partial charge in [-0.2, -0.15) is 0 Å². The SMILES string of the molecule is CCC(C)C(NC(=O)Nc1ccc(Cl)cc1)C(=O)NCCc1ccccc1. The summed E-state index contributed by atoms with van der Waals surface area (Å²) in [4.78, 5) is 24.9. The largest absolute Gasteiger partial charge is 0.354 e. The van der Waals surface area contributed by atoms with Crippen molar-refractivity contribution < 1.29 is 9.59 Å². The summed E-state index contributed by atoms with van der Waals surface area (Å²) in [6.07, 6.45) is 1.52. The molecule has 0 aromatic heterocycles. The van der Waals surface area contributed by atoms with Gasteiger partial charge in [-0.05, 0) is 42.2 Å². The first kappa shape index (κ1) is 20.8. The maximum atomic E-state index is 12.6. The highest BCUT2D eigenvalue weighted by Crippen LogP contribution is 2.14. The van der Waals surface area contributed by atoms with Crippen LogP contribution in [0.3, 0.4) is 0 Å². The van der Waals surface area contributed by atoms with Crippen LogP contribution in [0.4, 0.5) is 10.5 Å². The van der Waals surface area contributed by atoms with E-state index in [9.17, 15) is 9.59 Å². The number of amides is 3. The Labute approximate surface area is 165 Å². The molecule has 144 valence electrons. The average Bonchev–Trinajstić information content (AvgIpc) is 2.68. The van der Waals surface area contributed by atoms with Gasteiger partial charge in [-0.3, -0.25) is 4.79 Å². The maximum absolute atomic E-state index is 12.6. The zero-order chi connectivity index (χ0) is 19.6. The molecule has 0 radical (unpaired) electrons. The molecule has 0 heterocycles. The van der Waals surface area contributed by atoms with Crippen molar-refractivity contribution in [1.82, 2.24) is 10.6 Å². The highest BCUT2D eigenvalue weighted by molar-refractivity contribution is 6.30. The van der Waals surface area contributed by atoms with Gasteiger partial charge in [0.05, 0.1) is 0 Å². The summed E-state index contributed by atoms with van der Waals surface area (Å²) in [6, 6.07) is 15.7. The number of nitrogens with one attached hydrogen (secondary N) is 3. The smallest absolute Gasteiger partial charge is 0.319 e. The summed E-state index contributed by atoms with van der Waals surface area (Å²) in [5, 5.41) is 9.03. The molecule has 2 rings (SSSR count). The first-order valence-corrected chi connectivity index (χ1v) is 9.52. The molecule has 2 atom stereocenters. The van der Waals surface area contributed by atoms with Crippen LogP contribution in [0, 0.1) is 5.92 Å². The van der Waals surface area contributed by atoms with Gasteiger partial charge in [0.1, 0.15) is 6.04 Å². The molecule has 0 aliphatic rings. The van der Waals surface area contributed by atoms with E-state index in [1.54, 1.807) is 24.3 Å². The van der Waals surface area contributed by atoms with E-state index in [-0.39, 0.29) is 11.8 Å². The lowest BCUT2D eigenvalue weighted by molar-refractivity contribution is -0.124. The first-order valence-electron chi connectivity index (χ1n) is 9.14. The van der Waals surface area contributed by atoms with Crippen molar-refractivity contribution in [2.45, 2.75) is 32.7 Å². The summed E-state index contributed by atoms with van der Waals surface area (Å²) in [5.41, 5.74) is 1.77. The molecule has 2 aromatic rings. The van der Waals surface area contributed by atoms with Crippen LogP contribution in [0.2, 0.25) is 5.02 Å². The standard InChI is InChI=1S/C21H26ClN3O2/c1-3-15(2)19(20(26)23-14-13-16-7-5-4-6-8-16)25-21(27)24-18-11-9-17(22)10-12-18/h4-12,15,19H,3,13-14H2,1-2H3,(H,23,26)(H2,24,25,27). The molecule has 0 saturated heterocycles. The summed E-state index contributed by atoms with van der Waals surface area (Å²) >= 11 is 5.85. The summed E-state index contributed by atoms with van der Waals surface area (Å²) in [6.45, 7) is 4.47. The molecule has 27 heavy (non-hydrogen) atoms. The Balaban J connectivity index is 1.89. The van der Waals surface area contributed by atoms with E-state index in [0.717, 1.165) is 18.4 Å². The van der Waals surface area contributed by atoms with Crippen LogP contribution in [0.5, 0.6) is 0 Å². The summed E-state index contributed by atoms with van der Waals surface area (Å²) in [7, 11) is 0. The molecule has 2 unspecified atom stereocenters. The van der Waals surface area contributed by atoms with E-state index < -0.39 is 12.1 Å². The predicted molar refractivity (Wildman–Crippen MR) is 110 cm³/mol. The van der Waals surface area contributed by atoms with Crippen LogP contribution in [-0.2, 0) is 11.2 Å². The van der Waals surface area contributed by atoms with Crippen LogP contribution in [-0.4, -0.2) is 24.5 Å². The number of benzene rings is 2. The van der Waals surface area contributed by atoms with E-state index in [0.29, 0.717) is 17.3 Å². The van der Waals surface area contributed by atoms with Gasteiger partial charge >= 0.3 is 6.03 Å².